The second kappa shape index (κ2) is 49.7. The van der Waals surface area contributed by atoms with Crippen LogP contribution in [0.1, 0.15) is 41.5 Å². The predicted molar refractivity (Wildman–Crippen MR) is 66.3 cm³/mol. The summed E-state index contributed by atoms with van der Waals surface area (Å²) in [6, 6.07) is 0. The number of halogens is 4. The SMILES string of the molecule is [Al].[CH2-]C(C)C.[CH2-]C(C)C.[CH2-]C(C)C.[I-].[I-].[I-].[I-].[Ti+4]. The van der Waals surface area contributed by atoms with E-state index in [9.17, 15) is 0 Å². The molecule has 0 aliphatic carbocycles. The van der Waals surface area contributed by atoms with Crippen LogP contribution in [-0.2, 0) is 21.7 Å². The molecule has 0 N–H and O–H groups in total. The maximum Gasteiger partial charge on any atom is 4.00 e. The standard InChI is InChI=1S/3C4H9.Al.4HI.Ti/c3*1-4(2)3;;;;;;/h3*4H,1H2,2-3H3;;4*1H;/q3*-1;;;;;;+4/p-4. The quantitative estimate of drug-likeness (QED) is 0.131. The molecule has 113 valence electrons. The molecule has 0 amide bonds. The van der Waals surface area contributed by atoms with Crippen LogP contribution in [0.3, 0.4) is 0 Å². The zero-order valence-electron chi connectivity index (χ0n) is 12.4. The third kappa shape index (κ3) is 427. The molecule has 0 aliphatic rings. The molecule has 0 rings (SSSR count). The van der Waals surface area contributed by atoms with Crippen LogP contribution in [0, 0.1) is 38.5 Å². The van der Waals surface area contributed by atoms with Crippen molar-refractivity contribution < 1.29 is 118 Å². The summed E-state index contributed by atoms with van der Waals surface area (Å²) in [5.41, 5.74) is 0. The smallest absolute Gasteiger partial charge is 1.00 e. The van der Waals surface area contributed by atoms with Crippen molar-refractivity contribution in [3.8, 4) is 0 Å². The summed E-state index contributed by atoms with van der Waals surface area (Å²) < 4.78 is 0. The Morgan fingerprint density at radius 3 is 0.500 bits per heavy atom. The fourth-order valence-electron chi connectivity index (χ4n) is 0. The van der Waals surface area contributed by atoms with Crippen molar-refractivity contribution in [2.45, 2.75) is 41.5 Å². The Morgan fingerprint density at radius 1 is 0.500 bits per heavy atom. The molecule has 0 saturated carbocycles. The van der Waals surface area contributed by atoms with Crippen molar-refractivity contribution in [3.63, 3.8) is 0 Å². The Bertz CT molecular complexity index is 52.6. The Balaban J connectivity index is -0.00000000827. The summed E-state index contributed by atoms with van der Waals surface area (Å²) in [5, 5.41) is 0. The van der Waals surface area contributed by atoms with Crippen LogP contribution in [0.5, 0.6) is 0 Å². The molecule has 0 saturated heterocycles. The minimum absolute atomic E-state index is 0. The number of rotatable bonds is 0. The van der Waals surface area contributed by atoms with Crippen LogP contribution in [0.15, 0.2) is 0 Å². The molecule has 18 heavy (non-hydrogen) atoms. The van der Waals surface area contributed by atoms with Gasteiger partial charge in [-0.1, -0.05) is 41.5 Å². The topological polar surface area (TPSA) is 0 Å². The van der Waals surface area contributed by atoms with E-state index in [0.717, 1.165) is 0 Å². The first-order valence-corrected chi connectivity index (χ1v) is 4.69. The average molecular weight is 754 g/mol. The summed E-state index contributed by atoms with van der Waals surface area (Å²) in [6.07, 6.45) is 0. The van der Waals surface area contributed by atoms with E-state index < -0.39 is 0 Å². The zero-order chi connectivity index (χ0) is 10.7. The van der Waals surface area contributed by atoms with Gasteiger partial charge in [-0.2, -0.15) is 17.8 Å². The third-order valence-corrected chi connectivity index (χ3v) is 0. The predicted octanol–water partition coefficient (Wildman–Crippen LogP) is -7.94. The van der Waals surface area contributed by atoms with E-state index in [0.29, 0.717) is 17.8 Å². The van der Waals surface area contributed by atoms with E-state index in [1.165, 1.54) is 0 Å². The third-order valence-electron chi connectivity index (χ3n) is 0. The first-order valence-electron chi connectivity index (χ1n) is 4.69. The van der Waals surface area contributed by atoms with Crippen molar-refractivity contribution in [1.82, 2.24) is 0 Å². The molecule has 0 unspecified atom stereocenters. The molecule has 0 nitrogen and oxygen atoms in total. The van der Waals surface area contributed by atoms with Crippen LogP contribution in [-0.4, -0.2) is 17.4 Å². The van der Waals surface area contributed by atoms with Crippen LogP contribution in [0.25, 0.3) is 0 Å². The summed E-state index contributed by atoms with van der Waals surface area (Å²) >= 11 is 0. The normalized spacial score (nSPS) is 6.00. The van der Waals surface area contributed by atoms with Crippen LogP contribution >= 0.6 is 0 Å². The van der Waals surface area contributed by atoms with E-state index in [4.69, 9.17) is 0 Å². The molecule has 0 fully saturated rings. The van der Waals surface area contributed by atoms with Gasteiger partial charge in [0, 0.05) is 17.4 Å². The van der Waals surface area contributed by atoms with Gasteiger partial charge < -0.3 is 117 Å². The molecule has 3 radical (unpaired) electrons. The van der Waals surface area contributed by atoms with Crippen molar-refractivity contribution >= 4 is 17.4 Å². The van der Waals surface area contributed by atoms with Gasteiger partial charge in [0.25, 0.3) is 0 Å². The molecule has 0 atom stereocenters. The monoisotopic (exact) mass is 754 g/mol. The first kappa shape index (κ1) is 57.3. The van der Waals surface area contributed by atoms with E-state index in [2.05, 4.69) is 62.3 Å². The van der Waals surface area contributed by atoms with Crippen LogP contribution in [0.2, 0.25) is 0 Å². The van der Waals surface area contributed by atoms with Gasteiger partial charge >= 0.3 is 21.7 Å². The summed E-state index contributed by atoms with van der Waals surface area (Å²) in [6.45, 7) is 23.2. The number of hydrogen-bond donors (Lipinski definition) is 0. The molecular formula is C12H27AlI4Ti-3. The van der Waals surface area contributed by atoms with E-state index in [1.807, 2.05) is 0 Å². The fraction of sp³-hybridized carbons (Fsp3) is 0.750. The summed E-state index contributed by atoms with van der Waals surface area (Å²) in [5.74, 6) is 1.75. The Kier molecular flexibility index (Phi) is 158. The van der Waals surface area contributed by atoms with Crippen molar-refractivity contribution in [2.24, 2.45) is 17.8 Å². The Morgan fingerprint density at radius 2 is 0.500 bits per heavy atom. The molecule has 0 aromatic rings. The number of hydrogen-bond acceptors (Lipinski definition) is 0. The van der Waals surface area contributed by atoms with Gasteiger partial charge in [0.15, 0.2) is 0 Å². The van der Waals surface area contributed by atoms with Gasteiger partial charge in [-0.05, 0) is 0 Å². The van der Waals surface area contributed by atoms with Crippen molar-refractivity contribution in [3.05, 3.63) is 20.8 Å². The maximum atomic E-state index is 3.64. The van der Waals surface area contributed by atoms with E-state index >= 15 is 0 Å². The summed E-state index contributed by atoms with van der Waals surface area (Å²) in [7, 11) is 0. The van der Waals surface area contributed by atoms with Gasteiger partial charge in [-0.25, -0.2) is 0 Å². The minimum atomic E-state index is 0. The van der Waals surface area contributed by atoms with E-state index in [-0.39, 0.29) is 135 Å². The molecule has 0 aromatic heterocycles. The molecule has 0 bridgehead atoms. The van der Waals surface area contributed by atoms with Gasteiger partial charge in [-0.3, -0.25) is 0 Å². The molecule has 6 heteroatoms. The molecule has 0 aromatic carbocycles. The molecule has 0 spiro atoms. The largest absolute Gasteiger partial charge is 4.00 e. The molecule has 0 aliphatic heterocycles. The Hall–Kier alpha value is 4.17. The fourth-order valence-corrected chi connectivity index (χ4v) is 0. The summed E-state index contributed by atoms with van der Waals surface area (Å²) in [4.78, 5) is 0. The molecular weight excluding hydrogens is 727 g/mol. The van der Waals surface area contributed by atoms with Gasteiger partial charge in [-0.15, -0.1) is 0 Å². The maximum absolute atomic E-state index is 3.64. The van der Waals surface area contributed by atoms with Gasteiger partial charge in [0.05, 0.1) is 0 Å². The second-order valence-corrected chi connectivity index (χ2v) is 4.18. The van der Waals surface area contributed by atoms with Gasteiger partial charge in [0.1, 0.15) is 0 Å². The van der Waals surface area contributed by atoms with Crippen LogP contribution < -0.4 is 95.9 Å². The van der Waals surface area contributed by atoms with Crippen molar-refractivity contribution in [2.75, 3.05) is 0 Å². The molecule has 0 heterocycles. The average Bonchev–Trinajstić information content (AvgIpc) is 1.54. The Labute approximate surface area is 211 Å². The first-order chi connectivity index (χ1) is 5.20. The second-order valence-electron chi connectivity index (χ2n) is 4.18. The van der Waals surface area contributed by atoms with E-state index in [1.54, 1.807) is 0 Å². The van der Waals surface area contributed by atoms with Gasteiger partial charge in [0.2, 0.25) is 0 Å². The van der Waals surface area contributed by atoms with Crippen molar-refractivity contribution in [1.29, 1.82) is 0 Å². The van der Waals surface area contributed by atoms with Crippen LogP contribution in [0.4, 0.5) is 0 Å². The zero-order valence-corrected chi connectivity index (χ0v) is 23.8. The minimum Gasteiger partial charge on any atom is -1.00 e.